The number of primary amides is 2. The van der Waals surface area contributed by atoms with Crippen LogP contribution in [0.3, 0.4) is 0 Å². The van der Waals surface area contributed by atoms with Crippen LogP contribution in [0.5, 0.6) is 0 Å². The Hall–Kier alpha value is -10.9. The first-order chi connectivity index (χ1) is 47.2. The van der Waals surface area contributed by atoms with Gasteiger partial charge in [0.25, 0.3) is 11.8 Å². The summed E-state index contributed by atoms with van der Waals surface area (Å²) in [7, 11) is -4.44. The van der Waals surface area contributed by atoms with Crippen LogP contribution >= 0.6 is 0 Å². The fourth-order valence-electron chi connectivity index (χ4n) is 8.20. The number of nitrogens with two attached hydrogens (primary N) is 2. The van der Waals surface area contributed by atoms with Crippen molar-refractivity contribution in [2.24, 2.45) is 11.5 Å². The van der Waals surface area contributed by atoms with E-state index in [-0.39, 0.29) is 122 Å². The lowest BCUT2D eigenvalue weighted by Gasteiger charge is -2.22. The maximum atomic E-state index is 13.3. The molecule has 1 aliphatic rings. The normalized spacial score (nSPS) is 12.0. The highest BCUT2D eigenvalue weighted by Gasteiger charge is 2.26. The topological polar surface area (TPSA) is 546 Å². The zero-order valence-electron chi connectivity index (χ0n) is 54.6. The molecule has 40 heteroatoms. The molecule has 0 saturated carbocycles. The third-order valence-electron chi connectivity index (χ3n) is 13.1. The van der Waals surface area contributed by atoms with Crippen molar-refractivity contribution in [2.75, 3.05) is 109 Å². The number of imide groups is 1. The molecule has 0 spiro atoms. The molecule has 1 heterocycles. The minimum atomic E-state index is -4.44. The van der Waals surface area contributed by atoms with E-state index in [4.69, 9.17) is 44.6 Å². The number of unbranched alkanes of at least 4 members (excludes halogenated alkanes) is 2. The standard InChI is InChI=1S/C59H85N15O24S/c1-39(75)97-37-41-12-16-43(17-13-41)68-52(82)45(9-6-22-63-54(60)84)70-48(78)35-65-56(86)94-31-27-73(28-32-95-57(87)66-36-49(79)71-46(10-7-23-64-55(61)85)53(83)69-44-18-14-42(15-19-44)38-98-40(2)76)59(89)96-34-33-92-30-25-67-99(90,91)72-58(88)93-29-8-24-62-47(77)11-4-3-5-26-74-50(80)20-21-51(74)81/h12-21,45-46,67H,3-11,22-38H2,1-2H3,(H,62,77)(H,65,86)(H,66,87)(H,68,82)(H,69,83)(H,70,78)(H,71,79)(H,72,88)(H3,60,63,84)(H3,61,64,85)/t45-,46-/m0/s1. The second-order valence-electron chi connectivity index (χ2n) is 21.0. The molecule has 0 saturated heterocycles. The summed E-state index contributed by atoms with van der Waals surface area (Å²) in [6.45, 7) is -2.14. The molecule has 15 N–H and O–H groups in total. The van der Waals surface area contributed by atoms with Gasteiger partial charge in [-0.25, -0.2) is 33.5 Å². The molecule has 0 bridgehead atoms. The smallest absolute Gasteiger partial charge is 0.421 e. The Morgan fingerprint density at radius 2 is 0.970 bits per heavy atom. The van der Waals surface area contributed by atoms with Gasteiger partial charge >= 0.3 is 58.6 Å². The number of carbonyl (C=O) groups is 15. The maximum absolute atomic E-state index is 13.3. The van der Waals surface area contributed by atoms with Crippen LogP contribution in [0.4, 0.5) is 40.1 Å². The molecule has 2 aromatic rings. The van der Waals surface area contributed by atoms with Crippen LogP contribution in [-0.4, -0.2) is 219 Å². The molecule has 1 aliphatic heterocycles. The van der Waals surface area contributed by atoms with Crippen molar-refractivity contribution >= 4 is 111 Å². The van der Waals surface area contributed by atoms with Gasteiger partial charge in [0.2, 0.25) is 29.5 Å². The van der Waals surface area contributed by atoms with E-state index in [0.717, 1.165) is 9.80 Å². The van der Waals surface area contributed by atoms with Gasteiger partial charge in [0.1, 0.15) is 58.2 Å². The Morgan fingerprint density at radius 3 is 1.44 bits per heavy atom. The zero-order chi connectivity index (χ0) is 73.0. The van der Waals surface area contributed by atoms with Crippen LogP contribution in [0.2, 0.25) is 0 Å². The summed E-state index contributed by atoms with van der Waals surface area (Å²) in [5.74, 6) is -5.04. The van der Waals surface area contributed by atoms with E-state index in [1.165, 1.54) is 50.3 Å². The summed E-state index contributed by atoms with van der Waals surface area (Å²) in [6, 6.07) is 8.53. The van der Waals surface area contributed by atoms with E-state index >= 15 is 0 Å². The van der Waals surface area contributed by atoms with Gasteiger partial charge in [0, 0.05) is 76.5 Å². The van der Waals surface area contributed by atoms with E-state index in [2.05, 4.69) is 52.6 Å². The first-order valence-corrected chi connectivity index (χ1v) is 32.4. The number of ether oxygens (including phenoxy) is 7. The predicted molar refractivity (Wildman–Crippen MR) is 344 cm³/mol. The summed E-state index contributed by atoms with van der Waals surface area (Å²) in [5.41, 5.74) is 12.2. The van der Waals surface area contributed by atoms with E-state index in [1.807, 2.05) is 0 Å². The van der Waals surface area contributed by atoms with Crippen molar-refractivity contribution < 1.29 is 113 Å². The molecule has 2 atom stereocenters. The second kappa shape index (κ2) is 46.3. The van der Waals surface area contributed by atoms with Crippen molar-refractivity contribution in [3.05, 3.63) is 71.8 Å². The van der Waals surface area contributed by atoms with Crippen LogP contribution in [0.15, 0.2) is 60.7 Å². The van der Waals surface area contributed by atoms with Crippen molar-refractivity contribution in [3.63, 3.8) is 0 Å². The number of esters is 2. The molecule has 99 heavy (non-hydrogen) atoms. The molecule has 0 unspecified atom stereocenters. The lowest BCUT2D eigenvalue weighted by molar-refractivity contribution is -0.143. The van der Waals surface area contributed by atoms with Gasteiger partial charge in [0.05, 0.1) is 32.9 Å². The van der Waals surface area contributed by atoms with Gasteiger partial charge < -0.3 is 97.4 Å². The van der Waals surface area contributed by atoms with E-state index in [0.29, 0.717) is 41.8 Å². The summed E-state index contributed by atoms with van der Waals surface area (Å²) in [4.78, 5) is 186. The van der Waals surface area contributed by atoms with Gasteiger partial charge in [0.15, 0.2) is 0 Å². The first-order valence-electron chi connectivity index (χ1n) is 30.9. The van der Waals surface area contributed by atoms with Crippen LogP contribution in [-0.2, 0) is 99.7 Å². The van der Waals surface area contributed by atoms with Crippen LogP contribution in [0.1, 0.15) is 82.8 Å². The summed E-state index contributed by atoms with van der Waals surface area (Å²) < 4.78 is 64.2. The number of hydrogen-bond donors (Lipinski definition) is 13. The third kappa shape index (κ3) is 38.4. The Labute approximate surface area is 568 Å². The minimum absolute atomic E-state index is 0.00110. The van der Waals surface area contributed by atoms with Crippen molar-refractivity contribution in [1.82, 2.24) is 56.5 Å². The maximum Gasteiger partial charge on any atom is 0.421 e. The number of urea groups is 2. The fourth-order valence-corrected chi connectivity index (χ4v) is 8.90. The number of amides is 15. The highest BCUT2D eigenvalue weighted by atomic mass is 32.2. The Kier molecular flexibility index (Phi) is 38.5. The van der Waals surface area contributed by atoms with Gasteiger partial charge in [-0.05, 0) is 80.3 Å². The van der Waals surface area contributed by atoms with Crippen molar-refractivity contribution in [3.8, 4) is 0 Å². The van der Waals surface area contributed by atoms with Gasteiger partial charge in [-0.15, -0.1) is 0 Å². The summed E-state index contributed by atoms with van der Waals surface area (Å²) in [6.07, 6.45) is 0.00296. The number of benzene rings is 2. The highest BCUT2D eigenvalue weighted by molar-refractivity contribution is 7.88. The largest absolute Gasteiger partial charge is 0.461 e. The lowest BCUT2D eigenvalue weighted by Crippen LogP contribution is -2.48. The average molecular weight is 1420 g/mol. The van der Waals surface area contributed by atoms with Crippen LogP contribution < -0.4 is 68.8 Å². The number of alkyl carbamates (subject to hydrolysis) is 2. The summed E-state index contributed by atoms with van der Waals surface area (Å²) in [5, 5.41) is 22.1. The van der Waals surface area contributed by atoms with E-state index < -0.39 is 140 Å². The lowest BCUT2D eigenvalue weighted by atomic mass is 10.1. The molecule has 546 valence electrons. The molecule has 0 fully saturated rings. The monoisotopic (exact) mass is 1420 g/mol. The van der Waals surface area contributed by atoms with Crippen LogP contribution in [0.25, 0.3) is 0 Å². The predicted octanol–water partition coefficient (Wildman–Crippen LogP) is -1.28. The molecule has 15 amide bonds. The van der Waals surface area contributed by atoms with Gasteiger partial charge in [-0.1, -0.05) is 30.7 Å². The molecule has 0 aromatic heterocycles. The number of nitrogens with one attached hydrogen (secondary N) is 11. The molecule has 0 radical (unpaired) electrons. The number of carbonyl (C=O) groups excluding carboxylic acids is 15. The fraction of sp³-hybridized carbons (Fsp3) is 0.508. The third-order valence-corrected chi connectivity index (χ3v) is 14.1. The van der Waals surface area contributed by atoms with E-state index in [9.17, 15) is 80.3 Å². The number of anilines is 2. The Morgan fingerprint density at radius 1 is 0.495 bits per heavy atom. The van der Waals surface area contributed by atoms with E-state index in [1.54, 1.807) is 29.0 Å². The SMILES string of the molecule is CC(=O)OCc1ccc(NC(=O)[C@H](CCCNC(N)=O)NC(=O)CNC(=O)OCCN(CCOC(=O)NCC(=O)N[C@@H](CCCNC(N)=O)C(=O)Nc2ccc(COC(C)=O)cc2)C(=O)OCCOCCNS(=O)(=O)NC(=O)OCCCNC(=O)CCCCCN2C(=O)C=CC2=O)cc1. The van der Waals surface area contributed by atoms with Crippen LogP contribution in [0, 0.1) is 0 Å². The molecular formula is C59H85N15O24S. The average Bonchev–Trinajstić information content (AvgIpc) is 1.85. The zero-order valence-corrected chi connectivity index (χ0v) is 55.4. The first kappa shape index (κ1) is 82.3. The number of hydrogen-bond acceptors (Lipinski definition) is 24. The minimum Gasteiger partial charge on any atom is -0.461 e. The van der Waals surface area contributed by atoms with Crippen molar-refractivity contribution in [1.29, 1.82) is 0 Å². The molecule has 39 nitrogen and oxygen atoms in total. The quantitative estimate of drug-likeness (QED) is 0.0159. The summed E-state index contributed by atoms with van der Waals surface area (Å²) >= 11 is 0. The number of nitrogens with zero attached hydrogens (tertiary/aromatic N) is 2. The molecule has 3 rings (SSSR count). The Bertz CT molecular complexity index is 3060. The van der Waals surface area contributed by atoms with Crippen molar-refractivity contribution in [2.45, 2.75) is 96.9 Å². The molecule has 0 aliphatic carbocycles. The van der Waals surface area contributed by atoms with Gasteiger partial charge in [-0.3, -0.25) is 48.1 Å². The molecule has 2 aromatic carbocycles. The Balaban J connectivity index is 1.52. The number of rotatable bonds is 46. The second-order valence-corrected chi connectivity index (χ2v) is 22.5. The van der Waals surface area contributed by atoms with Gasteiger partial charge in [-0.2, -0.15) is 13.1 Å². The highest BCUT2D eigenvalue weighted by Crippen LogP contribution is 2.15. The molecular weight excluding hydrogens is 1330 g/mol.